The average molecular weight is 263 g/mol. The van der Waals surface area contributed by atoms with Crippen LogP contribution in [0.2, 0.25) is 0 Å². The third-order valence-electron chi connectivity index (χ3n) is 1.56. The highest BCUT2D eigenvalue weighted by atomic mass is 79.9. The molecule has 0 aromatic carbocycles. The zero-order valence-corrected chi connectivity index (χ0v) is 9.28. The Labute approximate surface area is 89.9 Å². The lowest BCUT2D eigenvalue weighted by Gasteiger charge is -2.13. The molecule has 0 bridgehead atoms. The summed E-state index contributed by atoms with van der Waals surface area (Å²) in [5.74, 6) is -0.264. The largest absolute Gasteiger partial charge is 0.383 e. The lowest BCUT2D eigenvalue weighted by molar-refractivity contribution is 0.0899. The van der Waals surface area contributed by atoms with Crippen LogP contribution in [0.5, 0.6) is 0 Å². The van der Waals surface area contributed by atoms with E-state index in [0.29, 0.717) is 11.9 Å². The zero-order chi connectivity index (χ0) is 10.4. The lowest BCUT2D eigenvalue weighted by atomic mass is 10.3. The molecular weight excluding hydrogens is 252 g/mol. The molecule has 1 aromatic rings. The number of nitrogens with zero attached hydrogens (tertiary/aromatic N) is 1. The number of hydrogen-bond acceptors (Lipinski definition) is 4. The topological polar surface area (TPSA) is 64.4 Å². The number of aromatic nitrogens is 1. The van der Waals surface area contributed by atoms with Crippen LogP contribution in [0.4, 0.5) is 0 Å². The molecule has 1 atom stereocenters. The summed E-state index contributed by atoms with van der Waals surface area (Å²) in [5, 5.41) is 6.89. The SMILES string of the molecule is COCC(CBr)NC(=O)c1ccon1. The Morgan fingerprint density at radius 3 is 3.14 bits per heavy atom. The number of nitrogens with one attached hydrogen (secondary N) is 1. The second-order valence-electron chi connectivity index (χ2n) is 2.66. The third-order valence-corrected chi connectivity index (χ3v) is 2.34. The molecule has 0 aliphatic carbocycles. The number of carbonyl (C=O) groups excluding carboxylic acids is 1. The van der Waals surface area contributed by atoms with Gasteiger partial charge in [-0.3, -0.25) is 4.79 Å². The Bertz CT molecular complexity index is 276. The van der Waals surface area contributed by atoms with Gasteiger partial charge in [-0.2, -0.15) is 0 Å². The Morgan fingerprint density at radius 1 is 1.86 bits per heavy atom. The fourth-order valence-corrected chi connectivity index (χ4v) is 1.26. The van der Waals surface area contributed by atoms with Crippen molar-refractivity contribution in [3.05, 3.63) is 18.0 Å². The van der Waals surface area contributed by atoms with Crippen molar-refractivity contribution in [2.45, 2.75) is 6.04 Å². The van der Waals surface area contributed by atoms with Gasteiger partial charge in [-0.05, 0) is 0 Å². The third kappa shape index (κ3) is 3.12. The van der Waals surface area contributed by atoms with Gasteiger partial charge in [-0.1, -0.05) is 21.1 Å². The first-order valence-corrected chi connectivity index (χ1v) is 5.16. The van der Waals surface area contributed by atoms with Gasteiger partial charge in [0.05, 0.1) is 12.6 Å². The number of hydrogen-bond donors (Lipinski definition) is 1. The van der Waals surface area contributed by atoms with Gasteiger partial charge in [0.15, 0.2) is 5.69 Å². The van der Waals surface area contributed by atoms with E-state index in [-0.39, 0.29) is 17.6 Å². The Balaban J connectivity index is 2.47. The van der Waals surface area contributed by atoms with E-state index in [4.69, 9.17) is 4.74 Å². The Morgan fingerprint density at radius 2 is 2.64 bits per heavy atom. The van der Waals surface area contributed by atoms with Gasteiger partial charge in [0.25, 0.3) is 5.91 Å². The van der Waals surface area contributed by atoms with E-state index in [9.17, 15) is 4.79 Å². The van der Waals surface area contributed by atoms with Crippen LogP contribution in [0, 0.1) is 0 Å². The van der Waals surface area contributed by atoms with Gasteiger partial charge in [0.2, 0.25) is 0 Å². The van der Waals surface area contributed by atoms with E-state index in [2.05, 4.69) is 30.9 Å². The Kier molecular flexibility index (Phi) is 4.61. The molecule has 0 saturated carbocycles. The molecule has 0 saturated heterocycles. The summed E-state index contributed by atoms with van der Waals surface area (Å²) in [5.41, 5.74) is 0.270. The summed E-state index contributed by atoms with van der Waals surface area (Å²) in [6.45, 7) is 0.453. The van der Waals surface area contributed by atoms with Crippen molar-refractivity contribution in [3.63, 3.8) is 0 Å². The summed E-state index contributed by atoms with van der Waals surface area (Å²) in [7, 11) is 1.58. The second-order valence-corrected chi connectivity index (χ2v) is 3.31. The monoisotopic (exact) mass is 262 g/mol. The maximum atomic E-state index is 11.4. The first-order chi connectivity index (χ1) is 6.77. The molecule has 78 valence electrons. The number of halogens is 1. The van der Waals surface area contributed by atoms with Crippen molar-refractivity contribution in [2.75, 3.05) is 19.0 Å². The number of carbonyl (C=O) groups is 1. The summed E-state index contributed by atoms with van der Waals surface area (Å²) in [4.78, 5) is 11.4. The van der Waals surface area contributed by atoms with Crippen LogP contribution in [-0.2, 0) is 4.74 Å². The lowest BCUT2D eigenvalue weighted by Crippen LogP contribution is -2.39. The second kappa shape index (κ2) is 5.77. The van der Waals surface area contributed by atoms with E-state index in [0.717, 1.165) is 0 Å². The number of methoxy groups -OCH3 is 1. The van der Waals surface area contributed by atoms with E-state index in [1.54, 1.807) is 7.11 Å². The maximum Gasteiger partial charge on any atom is 0.273 e. The standard InChI is InChI=1S/C8H11BrN2O3/c1-13-5-6(4-9)10-8(12)7-2-3-14-11-7/h2-3,6H,4-5H2,1H3,(H,10,12). The molecule has 5 nitrogen and oxygen atoms in total. The van der Waals surface area contributed by atoms with E-state index >= 15 is 0 Å². The first-order valence-electron chi connectivity index (χ1n) is 4.04. The highest BCUT2D eigenvalue weighted by Crippen LogP contribution is 1.97. The van der Waals surface area contributed by atoms with Crippen molar-refractivity contribution in [2.24, 2.45) is 0 Å². The molecule has 1 heterocycles. The highest BCUT2D eigenvalue weighted by molar-refractivity contribution is 9.09. The number of alkyl halides is 1. The predicted molar refractivity (Wildman–Crippen MR) is 53.4 cm³/mol. The average Bonchev–Trinajstić information content (AvgIpc) is 2.69. The fraction of sp³-hybridized carbons (Fsp3) is 0.500. The number of ether oxygens (including phenoxy) is 1. The smallest absolute Gasteiger partial charge is 0.273 e. The van der Waals surface area contributed by atoms with Crippen molar-refractivity contribution >= 4 is 21.8 Å². The van der Waals surface area contributed by atoms with Gasteiger partial charge in [0.1, 0.15) is 6.26 Å². The first kappa shape index (κ1) is 11.2. The van der Waals surface area contributed by atoms with Crippen LogP contribution >= 0.6 is 15.9 Å². The fourth-order valence-electron chi connectivity index (χ4n) is 0.915. The minimum atomic E-state index is -0.264. The summed E-state index contributed by atoms with van der Waals surface area (Å²) < 4.78 is 9.48. The summed E-state index contributed by atoms with van der Waals surface area (Å²) in [6, 6.07) is 1.44. The zero-order valence-electron chi connectivity index (χ0n) is 7.70. The van der Waals surface area contributed by atoms with Crippen LogP contribution in [0.1, 0.15) is 10.5 Å². The Hall–Kier alpha value is -0.880. The predicted octanol–water partition coefficient (Wildman–Crippen LogP) is 0.814. The molecule has 1 N–H and O–H groups in total. The van der Waals surface area contributed by atoms with Crippen molar-refractivity contribution in [1.29, 1.82) is 0 Å². The van der Waals surface area contributed by atoms with Crippen molar-refractivity contribution in [3.8, 4) is 0 Å². The molecule has 0 aliphatic heterocycles. The maximum absolute atomic E-state index is 11.4. The van der Waals surface area contributed by atoms with Gasteiger partial charge in [-0.25, -0.2) is 0 Å². The van der Waals surface area contributed by atoms with Crippen LogP contribution in [-0.4, -0.2) is 36.2 Å². The molecule has 0 fully saturated rings. The van der Waals surface area contributed by atoms with Crippen molar-refractivity contribution < 1.29 is 14.1 Å². The summed E-state index contributed by atoms with van der Waals surface area (Å²) in [6.07, 6.45) is 1.36. The molecule has 1 aromatic heterocycles. The number of amides is 1. The number of rotatable bonds is 5. The van der Waals surface area contributed by atoms with Gasteiger partial charge in [-0.15, -0.1) is 0 Å². The van der Waals surface area contributed by atoms with E-state index in [1.807, 2.05) is 0 Å². The molecule has 1 unspecified atom stereocenters. The molecular formula is C8H11BrN2O3. The minimum absolute atomic E-state index is 0.0656. The van der Waals surface area contributed by atoms with Crippen molar-refractivity contribution in [1.82, 2.24) is 10.5 Å². The van der Waals surface area contributed by atoms with Crippen LogP contribution in [0.25, 0.3) is 0 Å². The van der Waals surface area contributed by atoms with Crippen LogP contribution < -0.4 is 5.32 Å². The molecule has 0 aliphatic rings. The molecule has 0 radical (unpaired) electrons. The minimum Gasteiger partial charge on any atom is -0.383 e. The molecule has 0 spiro atoms. The van der Waals surface area contributed by atoms with Gasteiger partial charge >= 0.3 is 0 Å². The normalized spacial score (nSPS) is 12.4. The van der Waals surface area contributed by atoms with E-state index < -0.39 is 0 Å². The van der Waals surface area contributed by atoms with E-state index in [1.165, 1.54) is 12.3 Å². The summed E-state index contributed by atoms with van der Waals surface area (Å²) >= 11 is 3.27. The molecule has 6 heteroatoms. The van der Waals surface area contributed by atoms with Crippen LogP contribution in [0.15, 0.2) is 16.9 Å². The van der Waals surface area contributed by atoms with Gasteiger partial charge in [0, 0.05) is 18.5 Å². The molecule has 1 amide bonds. The molecule has 1 rings (SSSR count). The highest BCUT2D eigenvalue weighted by Gasteiger charge is 2.14. The van der Waals surface area contributed by atoms with Crippen LogP contribution in [0.3, 0.4) is 0 Å². The van der Waals surface area contributed by atoms with Gasteiger partial charge < -0.3 is 14.6 Å². The quantitative estimate of drug-likeness (QED) is 0.798. The molecule has 14 heavy (non-hydrogen) atoms.